The SMILES string of the molecule is C#CCC(=O)CC1CS(=O)(=O)CCN1. The number of terminal acetylenes is 1. The highest BCUT2D eigenvalue weighted by Gasteiger charge is 2.25. The molecule has 0 aromatic heterocycles. The van der Waals surface area contributed by atoms with Gasteiger partial charge >= 0.3 is 0 Å². The fourth-order valence-electron chi connectivity index (χ4n) is 1.46. The number of sulfone groups is 1. The molecular weight excluding hydrogens is 202 g/mol. The van der Waals surface area contributed by atoms with Gasteiger partial charge in [-0.05, 0) is 0 Å². The van der Waals surface area contributed by atoms with Crippen LogP contribution in [0, 0.1) is 12.3 Å². The minimum absolute atomic E-state index is 0.0450. The van der Waals surface area contributed by atoms with Crippen LogP contribution in [0.15, 0.2) is 0 Å². The molecule has 1 rings (SSSR count). The van der Waals surface area contributed by atoms with E-state index in [9.17, 15) is 13.2 Å². The Labute approximate surface area is 84.0 Å². The topological polar surface area (TPSA) is 63.2 Å². The van der Waals surface area contributed by atoms with Gasteiger partial charge in [0.1, 0.15) is 5.78 Å². The Kier molecular flexibility index (Phi) is 3.67. The molecule has 5 heteroatoms. The van der Waals surface area contributed by atoms with E-state index in [-0.39, 0.29) is 36.2 Å². The first-order valence-electron chi connectivity index (χ1n) is 4.42. The van der Waals surface area contributed by atoms with Crippen LogP contribution in [-0.4, -0.2) is 38.3 Å². The molecule has 0 spiro atoms. The number of ketones is 1. The zero-order chi connectivity index (χ0) is 10.6. The third kappa shape index (κ3) is 3.48. The van der Waals surface area contributed by atoms with Crippen molar-refractivity contribution in [1.29, 1.82) is 0 Å². The van der Waals surface area contributed by atoms with Crippen LogP contribution < -0.4 is 5.32 Å². The molecule has 0 saturated carbocycles. The average molecular weight is 215 g/mol. The van der Waals surface area contributed by atoms with E-state index < -0.39 is 9.84 Å². The van der Waals surface area contributed by atoms with Crippen molar-refractivity contribution in [2.24, 2.45) is 0 Å². The Morgan fingerprint density at radius 3 is 2.86 bits per heavy atom. The van der Waals surface area contributed by atoms with E-state index in [1.807, 2.05) is 0 Å². The summed E-state index contributed by atoms with van der Waals surface area (Å²) in [7, 11) is -2.96. The lowest BCUT2D eigenvalue weighted by Gasteiger charge is -2.22. The molecule has 0 bridgehead atoms. The van der Waals surface area contributed by atoms with E-state index in [0.717, 1.165) is 0 Å². The molecule has 0 aromatic carbocycles. The number of hydrogen-bond acceptors (Lipinski definition) is 4. The molecule has 1 saturated heterocycles. The lowest BCUT2D eigenvalue weighted by atomic mass is 10.1. The van der Waals surface area contributed by atoms with Gasteiger partial charge in [0.2, 0.25) is 0 Å². The molecule has 14 heavy (non-hydrogen) atoms. The van der Waals surface area contributed by atoms with Gasteiger partial charge in [-0.15, -0.1) is 6.42 Å². The third-order valence-electron chi connectivity index (χ3n) is 2.07. The van der Waals surface area contributed by atoms with Gasteiger partial charge in [0.05, 0.1) is 17.9 Å². The maximum Gasteiger partial charge on any atom is 0.153 e. The fraction of sp³-hybridized carbons (Fsp3) is 0.667. The largest absolute Gasteiger partial charge is 0.312 e. The summed E-state index contributed by atoms with van der Waals surface area (Å²) >= 11 is 0. The van der Waals surface area contributed by atoms with Crippen molar-refractivity contribution in [3.8, 4) is 12.3 Å². The van der Waals surface area contributed by atoms with Crippen LogP contribution in [0.4, 0.5) is 0 Å². The minimum Gasteiger partial charge on any atom is -0.312 e. The molecule has 1 fully saturated rings. The fourth-order valence-corrected chi connectivity index (χ4v) is 2.90. The first-order valence-corrected chi connectivity index (χ1v) is 6.24. The second-order valence-electron chi connectivity index (χ2n) is 3.39. The predicted octanol–water partition coefficient (Wildman–Crippen LogP) is -0.644. The maximum atomic E-state index is 11.2. The van der Waals surface area contributed by atoms with Crippen LogP contribution in [-0.2, 0) is 14.6 Å². The zero-order valence-corrected chi connectivity index (χ0v) is 8.64. The van der Waals surface area contributed by atoms with Crippen molar-refractivity contribution in [2.45, 2.75) is 18.9 Å². The average Bonchev–Trinajstić information content (AvgIpc) is 2.02. The smallest absolute Gasteiger partial charge is 0.153 e. The monoisotopic (exact) mass is 215 g/mol. The van der Waals surface area contributed by atoms with Gasteiger partial charge < -0.3 is 5.32 Å². The number of nitrogens with one attached hydrogen (secondary N) is 1. The molecule has 0 aliphatic carbocycles. The first kappa shape index (κ1) is 11.2. The van der Waals surface area contributed by atoms with E-state index >= 15 is 0 Å². The highest BCUT2D eigenvalue weighted by molar-refractivity contribution is 7.91. The summed E-state index contributed by atoms with van der Waals surface area (Å²) in [4.78, 5) is 11.1. The maximum absolute atomic E-state index is 11.2. The Bertz CT molecular complexity index is 353. The van der Waals surface area contributed by atoms with E-state index in [1.165, 1.54) is 0 Å². The first-order chi connectivity index (χ1) is 6.53. The normalized spacial score (nSPS) is 25.2. The van der Waals surface area contributed by atoms with E-state index in [1.54, 1.807) is 0 Å². The van der Waals surface area contributed by atoms with Crippen molar-refractivity contribution < 1.29 is 13.2 Å². The molecule has 0 radical (unpaired) electrons. The summed E-state index contributed by atoms with van der Waals surface area (Å²) in [6.45, 7) is 0.427. The zero-order valence-electron chi connectivity index (χ0n) is 7.82. The van der Waals surface area contributed by atoms with Gasteiger partial charge in [-0.2, -0.15) is 0 Å². The second-order valence-corrected chi connectivity index (χ2v) is 5.62. The highest BCUT2D eigenvalue weighted by Crippen LogP contribution is 2.06. The highest BCUT2D eigenvalue weighted by atomic mass is 32.2. The summed E-state index contributed by atoms with van der Waals surface area (Å²) in [6, 6.07) is -0.255. The van der Waals surface area contributed by atoms with Crippen molar-refractivity contribution in [2.75, 3.05) is 18.1 Å². The Morgan fingerprint density at radius 2 is 2.29 bits per heavy atom. The molecule has 1 heterocycles. The van der Waals surface area contributed by atoms with E-state index in [4.69, 9.17) is 6.42 Å². The lowest BCUT2D eigenvalue weighted by Crippen LogP contribution is -2.45. The predicted molar refractivity (Wildman–Crippen MR) is 53.5 cm³/mol. The van der Waals surface area contributed by atoms with Crippen LogP contribution in [0.5, 0.6) is 0 Å². The molecule has 0 amide bonds. The van der Waals surface area contributed by atoms with Crippen LogP contribution in [0.25, 0.3) is 0 Å². The molecule has 4 nitrogen and oxygen atoms in total. The molecule has 1 unspecified atom stereocenters. The Hall–Kier alpha value is -0.860. The van der Waals surface area contributed by atoms with Crippen molar-refractivity contribution >= 4 is 15.6 Å². The molecule has 1 aliphatic rings. The third-order valence-corrected chi connectivity index (χ3v) is 3.81. The number of hydrogen-bond donors (Lipinski definition) is 1. The van der Waals surface area contributed by atoms with Crippen molar-refractivity contribution in [1.82, 2.24) is 5.32 Å². The van der Waals surface area contributed by atoms with Gasteiger partial charge in [-0.1, -0.05) is 5.92 Å². The molecule has 1 aliphatic heterocycles. The molecule has 1 N–H and O–H groups in total. The number of rotatable bonds is 3. The lowest BCUT2D eigenvalue weighted by molar-refractivity contribution is -0.118. The van der Waals surface area contributed by atoms with Gasteiger partial charge in [0.15, 0.2) is 9.84 Å². The standard InChI is InChI=1S/C9H13NO3S/c1-2-3-9(11)6-8-7-14(12,13)5-4-10-8/h1,8,10H,3-7H2. The van der Waals surface area contributed by atoms with Crippen molar-refractivity contribution in [3.05, 3.63) is 0 Å². The molecular formula is C9H13NO3S. The van der Waals surface area contributed by atoms with Gasteiger partial charge in [-0.3, -0.25) is 4.79 Å². The van der Waals surface area contributed by atoms with Crippen LogP contribution in [0.1, 0.15) is 12.8 Å². The second kappa shape index (κ2) is 4.58. The summed E-state index contributed by atoms with van der Waals surface area (Å²) < 4.78 is 22.4. The molecule has 78 valence electrons. The van der Waals surface area contributed by atoms with Crippen LogP contribution in [0.3, 0.4) is 0 Å². The van der Waals surface area contributed by atoms with Gasteiger partial charge in [0.25, 0.3) is 0 Å². The number of carbonyl (C=O) groups is 1. The van der Waals surface area contributed by atoms with Gasteiger partial charge in [-0.25, -0.2) is 8.42 Å². The molecule has 0 aromatic rings. The van der Waals surface area contributed by atoms with Crippen molar-refractivity contribution in [3.63, 3.8) is 0 Å². The van der Waals surface area contributed by atoms with Crippen LogP contribution >= 0.6 is 0 Å². The molecule has 1 atom stereocenters. The quantitative estimate of drug-likeness (QED) is 0.636. The van der Waals surface area contributed by atoms with Crippen LogP contribution in [0.2, 0.25) is 0 Å². The number of Topliss-reactive ketones (excluding diaryl/α,β-unsaturated/α-hetero) is 1. The minimum atomic E-state index is -2.96. The van der Waals surface area contributed by atoms with E-state index in [0.29, 0.717) is 6.54 Å². The summed E-state index contributed by atoms with van der Waals surface area (Å²) in [6.07, 6.45) is 5.27. The number of carbonyl (C=O) groups excluding carboxylic acids is 1. The Morgan fingerprint density at radius 1 is 1.57 bits per heavy atom. The Balaban J connectivity index is 2.47. The summed E-state index contributed by atoms with van der Waals surface area (Å²) in [5.41, 5.74) is 0. The van der Waals surface area contributed by atoms with Gasteiger partial charge in [0, 0.05) is 19.0 Å². The van der Waals surface area contributed by atoms with E-state index in [2.05, 4.69) is 11.2 Å². The summed E-state index contributed by atoms with van der Waals surface area (Å²) in [5, 5.41) is 3.00. The summed E-state index contributed by atoms with van der Waals surface area (Å²) in [5.74, 6) is 2.37.